The number of piperidine rings is 1. The predicted molar refractivity (Wildman–Crippen MR) is 106 cm³/mol. The minimum atomic E-state index is -0.551. The van der Waals surface area contributed by atoms with E-state index in [2.05, 4.69) is 34.9 Å². The minimum Gasteiger partial charge on any atom is -0.390 e. The number of hydrogen-bond donors (Lipinski definition) is 3. The summed E-state index contributed by atoms with van der Waals surface area (Å²) in [6.07, 6.45) is 5.41. The second-order valence-electron chi connectivity index (χ2n) is 9.92. The molecule has 4 saturated carbocycles. The van der Waals surface area contributed by atoms with Crippen molar-refractivity contribution in [1.82, 2.24) is 10.6 Å². The molecule has 1 aromatic rings. The number of carbonyl (C=O) groups excluding carboxylic acids is 1. The highest BCUT2D eigenvalue weighted by Gasteiger charge is 2.74. The van der Waals surface area contributed by atoms with Crippen LogP contribution in [0.25, 0.3) is 0 Å². The maximum absolute atomic E-state index is 13.7. The summed E-state index contributed by atoms with van der Waals surface area (Å²) in [6.45, 7) is 0.966. The molecule has 4 bridgehead atoms. The van der Waals surface area contributed by atoms with Crippen molar-refractivity contribution in [2.24, 2.45) is 16.7 Å². The van der Waals surface area contributed by atoms with Gasteiger partial charge in [-0.25, -0.2) is 0 Å². The van der Waals surface area contributed by atoms with Gasteiger partial charge < -0.3 is 15.7 Å². The lowest BCUT2D eigenvalue weighted by Crippen LogP contribution is -2.57. The van der Waals surface area contributed by atoms with E-state index in [1.807, 2.05) is 6.07 Å². The topological polar surface area (TPSA) is 61.4 Å². The highest BCUT2D eigenvalue weighted by Crippen LogP contribution is 2.77. The first kappa shape index (κ1) is 18.6. The summed E-state index contributed by atoms with van der Waals surface area (Å²) in [7, 11) is 0. The molecule has 0 radical (unpaired) electrons. The van der Waals surface area contributed by atoms with Crippen LogP contribution in [0.3, 0.4) is 0 Å². The second kappa shape index (κ2) is 6.53. The Bertz CT molecular complexity index is 758. The molecule has 0 spiro atoms. The molecule has 3 N–H and O–H groups in total. The molecular formula is C23H31FN2O2. The van der Waals surface area contributed by atoms with E-state index >= 15 is 0 Å². The van der Waals surface area contributed by atoms with Crippen molar-refractivity contribution in [3.8, 4) is 0 Å². The summed E-state index contributed by atoms with van der Waals surface area (Å²) in [6, 6.07) is 10.4. The van der Waals surface area contributed by atoms with Crippen molar-refractivity contribution in [1.29, 1.82) is 0 Å². The second-order valence-corrected chi connectivity index (χ2v) is 9.92. The zero-order valence-electron chi connectivity index (χ0n) is 16.4. The molecule has 4 nitrogen and oxygen atoms in total. The molecule has 4 aliphatic carbocycles. The molecule has 5 fully saturated rings. The van der Waals surface area contributed by atoms with E-state index in [9.17, 15) is 14.3 Å². The average Bonchev–Trinajstić information content (AvgIpc) is 3.03. The number of aliphatic hydroxyl groups is 1. The van der Waals surface area contributed by atoms with Crippen LogP contribution in [-0.2, 0) is 10.2 Å². The van der Waals surface area contributed by atoms with Crippen LogP contribution in [0.15, 0.2) is 30.3 Å². The Kier molecular flexibility index (Phi) is 4.33. The van der Waals surface area contributed by atoms with E-state index in [-0.39, 0.29) is 29.5 Å². The predicted octanol–water partition coefficient (Wildman–Crippen LogP) is 2.70. The van der Waals surface area contributed by atoms with Crippen LogP contribution in [-0.4, -0.2) is 42.9 Å². The van der Waals surface area contributed by atoms with Gasteiger partial charge in [0.2, 0.25) is 5.91 Å². The first-order valence-electron chi connectivity index (χ1n) is 10.8. The van der Waals surface area contributed by atoms with Gasteiger partial charge in [0.25, 0.3) is 0 Å². The molecule has 6 atom stereocenters. The average molecular weight is 387 g/mol. The van der Waals surface area contributed by atoms with E-state index in [0.29, 0.717) is 18.9 Å². The Hall–Kier alpha value is -1.46. The molecule has 5 aliphatic rings. The summed E-state index contributed by atoms with van der Waals surface area (Å²) in [5.41, 5.74) is 0.603. The zero-order chi connectivity index (χ0) is 19.4. The van der Waals surface area contributed by atoms with Crippen LogP contribution in [0.4, 0.5) is 4.39 Å². The first-order chi connectivity index (χ1) is 13.5. The number of hydrogen-bond acceptors (Lipinski definition) is 3. The molecule has 1 aromatic carbocycles. The Morgan fingerprint density at radius 2 is 2.04 bits per heavy atom. The quantitative estimate of drug-likeness (QED) is 0.729. The van der Waals surface area contributed by atoms with Crippen molar-refractivity contribution < 1.29 is 14.3 Å². The largest absolute Gasteiger partial charge is 0.390 e. The van der Waals surface area contributed by atoms with E-state index in [1.165, 1.54) is 5.56 Å². The molecule has 2 unspecified atom stereocenters. The van der Waals surface area contributed by atoms with Gasteiger partial charge in [0.05, 0.1) is 24.2 Å². The van der Waals surface area contributed by atoms with E-state index in [1.54, 1.807) is 0 Å². The van der Waals surface area contributed by atoms with Crippen molar-refractivity contribution in [3.05, 3.63) is 35.9 Å². The van der Waals surface area contributed by atoms with Gasteiger partial charge in [-0.3, -0.25) is 9.18 Å². The summed E-state index contributed by atoms with van der Waals surface area (Å²) < 4.78 is 13.7. The van der Waals surface area contributed by atoms with Gasteiger partial charge in [-0.2, -0.15) is 0 Å². The lowest BCUT2D eigenvalue weighted by atomic mass is 9.63. The molecule has 5 heteroatoms. The highest BCUT2D eigenvalue weighted by molar-refractivity contribution is 5.86. The molecule has 1 aliphatic heterocycles. The van der Waals surface area contributed by atoms with Gasteiger partial charge in [-0.05, 0) is 73.8 Å². The van der Waals surface area contributed by atoms with Gasteiger partial charge >= 0.3 is 0 Å². The van der Waals surface area contributed by atoms with E-state index in [0.717, 1.165) is 45.1 Å². The molecule has 28 heavy (non-hydrogen) atoms. The van der Waals surface area contributed by atoms with Crippen LogP contribution in [0.1, 0.15) is 50.5 Å². The fourth-order valence-electron chi connectivity index (χ4n) is 7.61. The number of β-amino-alcohol motifs (C(OH)–C–C–N with tert-alkyl or cyclic N) is 1. The maximum atomic E-state index is 13.7. The summed E-state index contributed by atoms with van der Waals surface area (Å²) in [5, 5.41) is 16.7. The van der Waals surface area contributed by atoms with Crippen LogP contribution < -0.4 is 10.6 Å². The zero-order valence-corrected chi connectivity index (χ0v) is 16.4. The molecular weight excluding hydrogens is 355 g/mol. The molecule has 152 valence electrons. The van der Waals surface area contributed by atoms with Crippen molar-refractivity contribution >= 4 is 5.91 Å². The van der Waals surface area contributed by atoms with Crippen molar-refractivity contribution in [2.45, 2.75) is 62.5 Å². The van der Waals surface area contributed by atoms with Gasteiger partial charge in [0.15, 0.2) is 0 Å². The number of rotatable bonds is 5. The monoisotopic (exact) mass is 386 g/mol. The molecule has 1 saturated heterocycles. The summed E-state index contributed by atoms with van der Waals surface area (Å²) in [4.78, 5) is 13.7. The van der Waals surface area contributed by atoms with Gasteiger partial charge in [-0.1, -0.05) is 30.3 Å². The molecule has 1 heterocycles. The summed E-state index contributed by atoms with van der Waals surface area (Å²) >= 11 is 0. The minimum absolute atomic E-state index is 0.00166. The number of benzene rings is 1. The third-order valence-electron chi connectivity index (χ3n) is 8.49. The Balaban J connectivity index is 1.49. The summed E-state index contributed by atoms with van der Waals surface area (Å²) in [5.74, 6) is 0.574. The molecule has 1 amide bonds. The third kappa shape index (κ3) is 2.51. The van der Waals surface area contributed by atoms with Gasteiger partial charge in [0, 0.05) is 6.54 Å². The fourth-order valence-corrected chi connectivity index (χ4v) is 7.61. The van der Waals surface area contributed by atoms with Gasteiger partial charge in [0.1, 0.15) is 0 Å². The number of carbonyl (C=O) groups is 1. The normalized spacial score (nSPS) is 44.0. The van der Waals surface area contributed by atoms with Crippen LogP contribution in [0, 0.1) is 16.7 Å². The van der Waals surface area contributed by atoms with Gasteiger partial charge in [-0.15, -0.1) is 0 Å². The SMILES string of the molecule is O=C(N[C@@H]1CCNC[C@H]1O)C12CC3C[C@](c4ccccc4)(C1)C[C@@]2(CCF)C3. The van der Waals surface area contributed by atoms with E-state index in [4.69, 9.17) is 0 Å². The smallest absolute Gasteiger partial charge is 0.227 e. The van der Waals surface area contributed by atoms with Crippen molar-refractivity contribution in [3.63, 3.8) is 0 Å². The third-order valence-corrected chi connectivity index (χ3v) is 8.49. The van der Waals surface area contributed by atoms with Crippen LogP contribution in [0.5, 0.6) is 0 Å². The lowest BCUT2D eigenvalue weighted by Gasteiger charge is -2.41. The van der Waals surface area contributed by atoms with Crippen LogP contribution in [0.2, 0.25) is 0 Å². The first-order valence-corrected chi connectivity index (χ1v) is 10.8. The fraction of sp³-hybridized carbons (Fsp3) is 0.696. The lowest BCUT2D eigenvalue weighted by molar-refractivity contribution is -0.138. The molecule has 0 aromatic heterocycles. The highest BCUT2D eigenvalue weighted by atomic mass is 19.1. The Labute approximate surface area is 166 Å². The number of halogens is 1. The molecule has 6 rings (SSSR count). The Morgan fingerprint density at radius 1 is 1.21 bits per heavy atom. The van der Waals surface area contributed by atoms with E-state index < -0.39 is 11.5 Å². The number of nitrogens with one attached hydrogen (secondary N) is 2. The maximum Gasteiger partial charge on any atom is 0.227 e. The van der Waals surface area contributed by atoms with Crippen LogP contribution >= 0.6 is 0 Å². The Morgan fingerprint density at radius 3 is 2.79 bits per heavy atom. The number of alkyl halides is 1. The standard InChI is InChI=1S/C23H31FN2O2/c24-8-7-22-11-16-10-21(14-22,17-4-2-1-3-5-17)15-23(22,12-16)20(28)26-18-6-9-25-13-19(18)27/h1-5,16,18-19,25,27H,6-15H2,(H,26,28)/t16?,18-,19-,21-,22-,23?/m1/s1. The number of amides is 1. The number of aliphatic hydroxyl groups excluding tert-OH is 1. The van der Waals surface area contributed by atoms with Crippen molar-refractivity contribution in [2.75, 3.05) is 19.8 Å².